The molecule has 0 saturated heterocycles. The summed E-state index contributed by atoms with van der Waals surface area (Å²) in [5, 5.41) is 4.19. The number of aromatic nitrogens is 2. The number of nitrogens with zero attached hydrogens (tertiary/aromatic N) is 2. The molecule has 0 aliphatic heterocycles. The highest BCUT2D eigenvalue weighted by atomic mass is 16.5. The Balaban J connectivity index is 2.72. The van der Waals surface area contributed by atoms with E-state index in [-0.39, 0.29) is 11.8 Å². The molecule has 102 valence electrons. The number of methoxy groups -OCH3 is 1. The van der Waals surface area contributed by atoms with Crippen LogP contribution in [0.3, 0.4) is 0 Å². The Morgan fingerprint density at radius 1 is 1.61 bits per heavy atom. The molecule has 5 nitrogen and oxygen atoms in total. The minimum absolute atomic E-state index is 0.0819. The maximum atomic E-state index is 12.2. The summed E-state index contributed by atoms with van der Waals surface area (Å²) in [6, 6.07) is 0.139. The molecule has 1 heterocycles. The van der Waals surface area contributed by atoms with Crippen molar-refractivity contribution in [2.75, 3.05) is 7.11 Å². The van der Waals surface area contributed by atoms with Crippen molar-refractivity contribution in [1.82, 2.24) is 9.78 Å². The Morgan fingerprint density at radius 2 is 2.33 bits per heavy atom. The SMILES string of the molecule is CCCn1ncc(OC)c1C(=O)CCCC(C)N. The number of carbonyl (C=O) groups excluding carboxylic acids is 1. The molecule has 1 atom stereocenters. The number of hydrogen-bond acceptors (Lipinski definition) is 4. The number of aryl methyl sites for hydroxylation is 1. The Morgan fingerprint density at radius 3 is 2.89 bits per heavy atom. The van der Waals surface area contributed by atoms with Crippen LogP contribution in [0.1, 0.15) is 50.0 Å². The van der Waals surface area contributed by atoms with Gasteiger partial charge in [0.05, 0.1) is 13.3 Å². The Hall–Kier alpha value is -1.36. The minimum atomic E-state index is 0.0819. The molecule has 18 heavy (non-hydrogen) atoms. The van der Waals surface area contributed by atoms with Gasteiger partial charge >= 0.3 is 0 Å². The summed E-state index contributed by atoms with van der Waals surface area (Å²) in [6.07, 6.45) is 4.69. The molecule has 1 aromatic heterocycles. The van der Waals surface area contributed by atoms with E-state index in [0.29, 0.717) is 17.9 Å². The molecular weight excluding hydrogens is 230 g/mol. The summed E-state index contributed by atoms with van der Waals surface area (Å²) < 4.78 is 6.92. The summed E-state index contributed by atoms with van der Waals surface area (Å²) in [4.78, 5) is 12.2. The van der Waals surface area contributed by atoms with E-state index in [0.717, 1.165) is 25.8 Å². The quantitative estimate of drug-likeness (QED) is 0.719. The van der Waals surface area contributed by atoms with Crippen LogP contribution in [0.15, 0.2) is 6.20 Å². The number of Topliss-reactive ketones (excluding diaryl/α,β-unsaturated/α-hetero) is 1. The molecule has 0 aliphatic carbocycles. The first kappa shape index (κ1) is 14.7. The first-order valence-corrected chi connectivity index (χ1v) is 6.48. The van der Waals surface area contributed by atoms with Gasteiger partial charge < -0.3 is 10.5 Å². The normalized spacial score (nSPS) is 12.4. The number of nitrogens with two attached hydrogens (primary N) is 1. The van der Waals surface area contributed by atoms with Crippen LogP contribution in [-0.2, 0) is 6.54 Å². The van der Waals surface area contributed by atoms with E-state index in [4.69, 9.17) is 10.5 Å². The second-order valence-corrected chi connectivity index (χ2v) is 4.58. The van der Waals surface area contributed by atoms with Crippen LogP contribution in [0.2, 0.25) is 0 Å². The first-order valence-electron chi connectivity index (χ1n) is 6.48. The van der Waals surface area contributed by atoms with E-state index in [2.05, 4.69) is 12.0 Å². The lowest BCUT2D eigenvalue weighted by molar-refractivity contribution is 0.0965. The van der Waals surface area contributed by atoms with Crippen LogP contribution >= 0.6 is 0 Å². The second-order valence-electron chi connectivity index (χ2n) is 4.58. The topological polar surface area (TPSA) is 70.1 Å². The van der Waals surface area contributed by atoms with Crippen LogP contribution in [0.5, 0.6) is 5.75 Å². The molecule has 1 unspecified atom stereocenters. The van der Waals surface area contributed by atoms with Crippen molar-refractivity contribution in [1.29, 1.82) is 0 Å². The van der Waals surface area contributed by atoms with Gasteiger partial charge in [0.15, 0.2) is 11.5 Å². The van der Waals surface area contributed by atoms with Crippen LogP contribution in [0.4, 0.5) is 0 Å². The third kappa shape index (κ3) is 3.84. The molecule has 2 N–H and O–H groups in total. The van der Waals surface area contributed by atoms with Gasteiger partial charge in [0.1, 0.15) is 5.69 Å². The van der Waals surface area contributed by atoms with E-state index in [1.54, 1.807) is 18.0 Å². The molecular formula is C13H23N3O2. The van der Waals surface area contributed by atoms with Gasteiger partial charge in [-0.05, 0) is 26.2 Å². The van der Waals surface area contributed by atoms with E-state index < -0.39 is 0 Å². The highest BCUT2D eigenvalue weighted by molar-refractivity contribution is 5.96. The molecule has 0 spiro atoms. The molecule has 0 fully saturated rings. The molecule has 1 aromatic rings. The summed E-state index contributed by atoms with van der Waals surface area (Å²) in [7, 11) is 1.56. The summed E-state index contributed by atoms with van der Waals surface area (Å²) in [5.41, 5.74) is 6.26. The van der Waals surface area contributed by atoms with Crippen molar-refractivity contribution in [3.63, 3.8) is 0 Å². The van der Waals surface area contributed by atoms with Crippen molar-refractivity contribution in [3.8, 4) is 5.75 Å². The van der Waals surface area contributed by atoms with Gasteiger partial charge in [0.2, 0.25) is 0 Å². The zero-order chi connectivity index (χ0) is 13.5. The zero-order valence-electron chi connectivity index (χ0n) is 11.5. The van der Waals surface area contributed by atoms with Crippen molar-refractivity contribution in [3.05, 3.63) is 11.9 Å². The lowest BCUT2D eigenvalue weighted by atomic mass is 10.1. The highest BCUT2D eigenvalue weighted by Gasteiger charge is 2.18. The van der Waals surface area contributed by atoms with Gasteiger partial charge in [-0.15, -0.1) is 0 Å². The maximum Gasteiger partial charge on any atom is 0.184 e. The molecule has 5 heteroatoms. The van der Waals surface area contributed by atoms with Crippen molar-refractivity contribution in [2.45, 2.75) is 52.1 Å². The maximum absolute atomic E-state index is 12.2. The smallest absolute Gasteiger partial charge is 0.184 e. The van der Waals surface area contributed by atoms with E-state index >= 15 is 0 Å². The van der Waals surface area contributed by atoms with Crippen LogP contribution in [-0.4, -0.2) is 28.7 Å². The molecule has 0 radical (unpaired) electrons. The van der Waals surface area contributed by atoms with E-state index in [1.165, 1.54) is 0 Å². The third-order valence-electron chi connectivity index (χ3n) is 2.79. The van der Waals surface area contributed by atoms with Crippen LogP contribution < -0.4 is 10.5 Å². The molecule has 0 bridgehead atoms. The molecule has 0 saturated carbocycles. The van der Waals surface area contributed by atoms with E-state index in [9.17, 15) is 4.79 Å². The number of carbonyl (C=O) groups is 1. The Bertz CT molecular complexity index is 386. The van der Waals surface area contributed by atoms with Crippen molar-refractivity contribution in [2.24, 2.45) is 5.73 Å². The number of ether oxygens (including phenoxy) is 1. The fourth-order valence-electron chi connectivity index (χ4n) is 1.88. The first-order chi connectivity index (χ1) is 8.60. The molecule has 0 aliphatic rings. The average Bonchev–Trinajstić information content (AvgIpc) is 2.72. The lowest BCUT2D eigenvalue weighted by Crippen LogP contribution is -2.16. The van der Waals surface area contributed by atoms with Gasteiger partial charge in [-0.1, -0.05) is 6.92 Å². The zero-order valence-corrected chi connectivity index (χ0v) is 11.5. The molecule has 0 aromatic carbocycles. The summed E-state index contributed by atoms with van der Waals surface area (Å²) >= 11 is 0. The molecule has 0 amide bonds. The Kier molecular flexibility index (Phi) is 5.85. The fourth-order valence-corrected chi connectivity index (χ4v) is 1.88. The largest absolute Gasteiger partial charge is 0.493 e. The number of hydrogen-bond donors (Lipinski definition) is 1. The summed E-state index contributed by atoms with van der Waals surface area (Å²) in [5.74, 6) is 0.646. The van der Waals surface area contributed by atoms with E-state index in [1.807, 2.05) is 6.92 Å². The highest BCUT2D eigenvalue weighted by Crippen LogP contribution is 2.20. The van der Waals surface area contributed by atoms with Gasteiger partial charge in [-0.25, -0.2) is 0 Å². The van der Waals surface area contributed by atoms with Gasteiger partial charge in [-0.3, -0.25) is 9.48 Å². The van der Waals surface area contributed by atoms with Crippen molar-refractivity contribution < 1.29 is 9.53 Å². The molecule has 1 rings (SSSR count). The summed E-state index contributed by atoms with van der Waals surface area (Å²) in [6.45, 7) is 4.74. The third-order valence-corrected chi connectivity index (χ3v) is 2.79. The van der Waals surface area contributed by atoms with Crippen LogP contribution in [0.25, 0.3) is 0 Å². The predicted molar refractivity (Wildman–Crippen MR) is 70.9 cm³/mol. The Labute approximate surface area is 108 Å². The standard InChI is InChI=1S/C13H23N3O2/c1-4-8-16-13(12(18-3)9-15-16)11(17)7-5-6-10(2)14/h9-10H,4-8,14H2,1-3H3. The minimum Gasteiger partial charge on any atom is -0.493 e. The van der Waals surface area contributed by atoms with Gasteiger partial charge in [-0.2, -0.15) is 5.10 Å². The lowest BCUT2D eigenvalue weighted by Gasteiger charge is -2.08. The van der Waals surface area contributed by atoms with Crippen LogP contribution in [0, 0.1) is 0 Å². The number of rotatable bonds is 8. The number of ketones is 1. The van der Waals surface area contributed by atoms with Gasteiger partial charge in [0.25, 0.3) is 0 Å². The second kappa shape index (κ2) is 7.16. The monoisotopic (exact) mass is 253 g/mol. The fraction of sp³-hybridized carbons (Fsp3) is 0.692. The predicted octanol–water partition coefficient (Wildman–Crippen LogP) is 2.00. The van der Waals surface area contributed by atoms with Gasteiger partial charge in [0, 0.05) is 19.0 Å². The van der Waals surface area contributed by atoms with Crippen molar-refractivity contribution >= 4 is 5.78 Å². The average molecular weight is 253 g/mol.